The molecule has 3 heteroatoms. The van der Waals surface area contributed by atoms with Gasteiger partial charge in [0.1, 0.15) is 0 Å². The van der Waals surface area contributed by atoms with E-state index in [0.29, 0.717) is 13.2 Å². The van der Waals surface area contributed by atoms with Crippen molar-refractivity contribution >= 4 is 10.8 Å². The summed E-state index contributed by atoms with van der Waals surface area (Å²) in [4.78, 5) is 0.845. The van der Waals surface area contributed by atoms with Crippen LogP contribution in [0, 0.1) is 0 Å². The van der Waals surface area contributed by atoms with Crippen molar-refractivity contribution in [1.29, 1.82) is 0 Å². The molecule has 76 valence electrons. The van der Waals surface area contributed by atoms with Crippen molar-refractivity contribution in [2.75, 3.05) is 12.9 Å². The van der Waals surface area contributed by atoms with Gasteiger partial charge in [0.05, 0.1) is 13.2 Å². The van der Waals surface area contributed by atoms with E-state index < -0.39 is 10.8 Å². The van der Waals surface area contributed by atoms with E-state index >= 15 is 0 Å². The molecule has 1 atom stereocenters. The van der Waals surface area contributed by atoms with Crippen molar-refractivity contribution < 1.29 is 8.95 Å². The van der Waals surface area contributed by atoms with Gasteiger partial charge in [-0.3, -0.25) is 4.21 Å². The van der Waals surface area contributed by atoms with Gasteiger partial charge in [-0.1, -0.05) is 18.2 Å². The summed E-state index contributed by atoms with van der Waals surface area (Å²) >= 11 is 0. The van der Waals surface area contributed by atoms with E-state index in [1.807, 2.05) is 24.3 Å². The fraction of sp³-hybridized carbons (Fsp3) is 0.273. The Bertz CT molecular complexity index is 317. The molecule has 0 aliphatic rings. The van der Waals surface area contributed by atoms with E-state index in [1.54, 1.807) is 12.3 Å². The number of rotatable bonds is 5. The predicted molar refractivity (Wildman–Crippen MR) is 58.6 cm³/mol. The lowest BCUT2D eigenvalue weighted by atomic mass is 10.2. The van der Waals surface area contributed by atoms with Crippen molar-refractivity contribution in [1.82, 2.24) is 0 Å². The maximum absolute atomic E-state index is 11.1. The van der Waals surface area contributed by atoms with Gasteiger partial charge in [0.15, 0.2) is 0 Å². The highest BCUT2D eigenvalue weighted by atomic mass is 32.2. The molecule has 1 aromatic carbocycles. The van der Waals surface area contributed by atoms with E-state index in [4.69, 9.17) is 4.74 Å². The zero-order valence-corrected chi connectivity index (χ0v) is 9.05. The molecule has 0 aliphatic carbocycles. The minimum atomic E-state index is -0.902. The Hall–Kier alpha value is -0.930. The van der Waals surface area contributed by atoms with Crippen molar-refractivity contribution in [3.8, 4) is 0 Å². The summed E-state index contributed by atoms with van der Waals surface area (Å²) in [6, 6.07) is 7.59. The van der Waals surface area contributed by atoms with Crippen molar-refractivity contribution in [2.24, 2.45) is 0 Å². The molecule has 0 saturated heterocycles. The highest BCUT2D eigenvalue weighted by Crippen LogP contribution is 2.08. The third kappa shape index (κ3) is 3.44. The Morgan fingerprint density at radius 2 is 2.07 bits per heavy atom. The minimum Gasteiger partial charge on any atom is -0.373 e. The molecule has 0 fully saturated rings. The molecular formula is C11H14O2S. The third-order valence-corrected chi connectivity index (χ3v) is 2.70. The first-order chi connectivity index (χ1) is 6.74. The van der Waals surface area contributed by atoms with Crippen LogP contribution in [-0.4, -0.2) is 17.1 Å². The minimum absolute atomic E-state index is 0.557. The van der Waals surface area contributed by atoms with Crippen LogP contribution in [0.3, 0.4) is 0 Å². The van der Waals surface area contributed by atoms with E-state index in [9.17, 15) is 4.21 Å². The molecule has 0 saturated carbocycles. The lowest BCUT2D eigenvalue weighted by Crippen LogP contribution is -1.93. The topological polar surface area (TPSA) is 26.3 Å². The van der Waals surface area contributed by atoms with Crippen molar-refractivity contribution in [3.63, 3.8) is 0 Å². The van der Waals surface area contributed by atoms with Crippen LogP contribution in [0.15, 0.2) is 41.8 Å². The summed E-state index contributed by atoms with van der Waals surface area (Å²) in [5.41, 5.74) is 1.08. The van der Waals surface area contributed by atoms with Crippen LogP contribution in [0.4, 0.5) is 0 Å². The number of ether oxygens (including phenoxy) is 1. The molecule has 0 N–H and O–H groups in total. The van der Waals surface area contributed by atoms with Gasteiger partial charge in [-0.15, -0.1) is 6.58 Å². The molecule has 0 bridgehead atoms. The molecule has 0 radical (unpaired) electrons. The molecule has 0 aromatic heterocycles. The van der Waals surface area contributed by atoms with E-state index in [0.717, 1.165) is 10.5 Å². The molecule has 1 rings (SSSR count). The SMILES string of the molecule is C=CCOCc1ccc(S(C)=O)cc1. The zero-order valence-electron chi connectivity index (χ0n) is 8.23. The number of hydrogen-bond donors (Lipinski definition) is 0. The second-order valence-electron chi connectivity index (χ2n) is 2.90. The van der Waals surface area contributed by atoms with Crippen LogP contribution in [0.1, 0.15) is 5.56 Å². The Kier molecular flexibility index (Phi) is 4.56. The fourth-order valence-corrected chi connectivity index (χ4v) is 1.56. The van der Waals surface area contributed by atoms with Gasteiger partial charge in [-0.25, -0.2) is 0 Å². The highest BCUT2D eigenvalue weighted by molar-refractivity contribution is 7.84. The molecule has 0 aliphatic heterocycles. The molecule has 2 nitrogen and oxygen atoms in total. The van der Waals surface area contributed by atoms with Gasteiger partial charge >= 0.3 is 0 Å². The van der Waals surface area contributed by atoms with Crippen LogP contribution in [-0.2, 0) is 22.1 Å². The standard InChI is InChI=1S/C11H14O2S/c1-3-8-13-9-10-4-6-11(7-5-10)14(2)12/h3-7H,1,8-9H2,2H3. The Morgan fingerprint density at radius 1 is 1.43 bits per heavy atom. The smallest absolute Gasteiger partial charge is 0.0721 e. The first-order valence-corrected chi connectivity index (χ1v) is 5.91. The summed E-state index contributed by atoms with van der Waals surface area (Å²) < 4.78 is 16.4. The predicted octanol–water partition coefficient (Wildman–Crippen LogP) is 2.13. The van der Waals surface area contributed by atoms with Crippen LogP contribution < -0.4 is 0 Å². The second-order valence-corrected chi connectivity index (χ2v) is 4.28. The van der Waals surface area contributed by atoms with Gasteiger partial charge in [-0.2, -0.15) is 0 Å². The van der Waals surface area contributed by atoms with Crippen LogP contribution in [0.25, 0.3) is 0 Å². The maximum Gasteiger partial charge on any atom is 0.0721 e. The summed E-state index contributed by atoms with van der Waals surface area (Å²) in [6.07, 6.45) is 3.39. The van der Waals surface area contributed by atoms with Crippen LogP contribution >= 0.6 is 0 Å². The largest absolute Gasteiger partial charge is 0.373 e. The average Bonchev–Trinajstić information content (AvgIpc) is 2.19. The first kappa shape index (κ1) is 11.1. The van der Waals surface area contributed by atoms with E-state index in [1.165, 1.54) is 0 Å². The summed E-state index contributed by atoms with van der Waals surface area (Å²) in [5.74, 6) is 0. The van der Waals surface area contributed by atoms with Crippen LogP contribution in [0.2, 0.25) is 0 Å². The quantitative estimate of drug-likeness (QED) is 0.549. The van der Waals surface area contributed by atoms with Crippen molar-refractivity contribution in [3.05, 3.63) is 42.5 Å². The van der Waals surface area contributed by atoms with E-state index in [-0.39, 0.29) is 0 Å². The molecular weight excluding hydrogens is 196 g/mol. The van der Waals surface area contributed by atoms with Gasteiger partial charge < -0.3 is 4.74 Å². The molecule has 14 heavy (non-hydrogen) atoms. The van der Waals surface area contributed by atoms with Gasteiger partial charge in [0.25, 0.3) is 0 Å². The van der Waals surface area contributed by atoms with Gasteiger partial charge in [-0.05, 0) is 17.7 Å². The third-order valence-electron chi connectivity index (χ3n) is 1.76. The maximum atomic E-state index is 11.1. The first-order valence-electron chi connectivity index (χ1n) is 4.35. The molecule has 1 unspecified atom stereocenters. The molecule has 0 heterocycles. The molecule has 0 spiro atoms. The fourth-order valence-electron chi connectivity index (χ4n) is 1.04. The number of benzene rings is 1. The van der Waals surface area contributed by atoms with Crippen LogP contribution in [0.5, 0.6) is 0 Å². The number of hydrogen-bond acceptors (Lipinski definition) is 2. The second kappa shape index (κ2) is 5.73. The van der Waals surface area contributed by atoms with Crippen molar-refractivity contribution in [2.45, 2.75) is 11.5 Å². The Labute approximate surface area is 87.1 Å². The molecule has 1 aromatic rings. The zero-order chi connectivity index (χ0) is 10.4. The van der Waals surface area contributed by atoms with Gasteiger partial charge in [0, 0.05) is 22.0 Å². The van der Waals surface area contributed by atoms with Gasteiger partial charge in [0.2, 0.25) is 0 Å². The Balaban J connectivity index is 2.55. The summed E-state index contributed by atoms with van der Waals surface area (Å²) in [5, 5.41) is 0. The summed E-state index contributed by atoms with van der Waals surface area (Å²) in [6.45, 7) is 4.69. The summed E-state index contributed by atoms with van der Waals surface area (Å²) in [7, 11) is -0.902. The lowest BCUT2D eigenvalue weighted by Gasteiger charge is -2.02. The molecule has 0 amide bonds. The van der Waals surface area contributed by atoms with E-state index in [2.05, 4.69) is 6.58 Å². The highest BCUT2D eigenvalue weighted by Gasteiger charge is 1.97. The normalized spacial score (nSPS) is 12.4. The average molecular weight is 210 g/mol. The Morgan fingerprint density at radius 3 is 2.57 bits per heavy atom. The lowest BCUT2D eigenvalue weighted by molar-refractivity contribution is 0.149. The monoisotopic (exact) mass is 210 g/mol.